The van der Waals surface area contributed by atoms with E-state index in [1.165, 1.54) is 21.9 Å². The van der Waals surface area contributed by atoms with Crippen LogP contribution in [-0.2, 0) is 10.8 Å². The SMILES string of the molecule is CC1(C)c2ccccc2Oc2c(N(c3ccc4ccccc4c3)c3cccc4c3Oc3ccccc3C4(C)C)cccc21. The van der Waals surface area contributed by atoms with E-state index in [1.807, 2.05) is 12.1 Å². The zero-order chi connectivity index (χ0) is 29.3. The lowest BCUT2D eigenvalue weighted by Crippen LogP contribution is -2.27. The summed E-state index contributed by atoms with van der Waals surface area (Å²) in [6, 6.07) is 45.0. The van der Waals surface area contributed by atoms with Crippen LogP contribution in [0.2, 0.25) is 0 Å². The van der Waals surface area contributed by atoms with Crippen LogP contribution in [0.3, 0.4) is 0 Å². The molecule has 2 aliphatic rings. The topological polar surface area (TPSA) is 21.7 Å². The Balaban J connectivity index is 1.41. The van der Waals surface area contributed by atoms with Gasteiger partial charge in [0.15, 0.2) is 11.5 Å². The molecule has 3 nitrogen and oxygen atoms in total. The molecule has 8 rings (SSSR count). The van der Waals surface area contributed by atoms with E-state index >= 15 is 0 Å². The number of benzene rings is 6. The van der Waals surface area contributed by atoms with Gasteiger partial charge in [-0.3, -0.25) is 0 Å². The number of hydrogen-bond donors (Lipinski definition) is 0. The van der Waals surface area contributed by atoms with Crippen molar-refractivity contribution in [2.45, 2.75) is 38.5 Å². The summed E-state index contributed by atoms with van der Waals surface area (Å²) in [6.45, 7) is 9.13. The van der Waals surface area contributed by atoms with Crippen molar-refractivity contribution in [1.82, 2.24) is 0 Å². The average Bonchev–Trinajstić information content (AvgIpc) is 3.02. The standard InChI is InChI=1S/C40H33NO2/c1-39(2)29-15-7-9-21-35(29)42-37-31(39)17-11-19-33(37)41(28-24-23-26-13-5-6-14-27(26)25-28)34-20-12-18-32-38(34)43-36-22-10-8-16-30(36)40(32,3)4/h5-25H,1-4H3. The third-order valence-electron chi connectivity index (χ3n) is 9.35. The van der Waals surface area contributed by atoms with Crippen molar-refractivity contribution in [3.05, 3.63) is 150 Å². The molecule has 0 fully saturated rings. The minimum atomic E-state index is -0.233. The lowest BCUT2D eigenvalue weighted by molar-refractivity contribution is 0.416. The highest BCUT2D eigenvalue weighted by Gasteiger charge is 2.39. The van der Waals surface area contributed by atoms with Gasteiger partial charge in [-0.05, 0) is 47.2 Å². The second-order valence-electron chi connectivity index (χ2n) is 12.6. The molecule has 3 heteroatoms. The first kappa shape index (κ1) is 25.7. The minimum Gasteiger partial charge on any atom is -0.455 e. The van der Waals surface area contributed by atoms with E-state index in [4.69, 9.17) is 9.47 Å². The predicted molar refractivity (Wildman–Crippen MR) is 176 cm³/mol. The van der Waals surface area contributed by atoms with E-state index in [1.54, 1.807) is 0 Å². The van der Waals surface area contributed by atoms with Gasteiger partial charge in [-0.1, -0.05) is 119 Å². The molecule has 0 radical (unpaired) electrons. The van der Waals surface area contributed by atoms with Crippen LogP contribution in [0.5, 0.6) is 23.0 Å². The number of para-hydroxylation sites is 4. The Bertz CT molecular complexity index is 1950. The molecular weight excluding hydrogens is 526 g/mol. The van der Waals surface area contributed by atoms with E-state index in [0.717, 1.165) is 51.2 Å². The Morgan fingerprint density at radius 1 is 0.442 bits per heavy atom. The van der Waals surface area contributed by atoms with Gasteiger partial charge in [0.05, 0.1) is 11.4 Å². The molecule has 2 heterocycles. The third kappa shape index (κ3) is 3.81. The molecule has 210 valence electrons. The van der Waals surface area contributed by atoms with Crippen molar-refractivity contribution in [3.8, 4) is 23.0 Å². The lowest BCUT2D eigenvalue weighted by Gasteiger charge is -2.39. The van der Waals surface area contributed by atoms with Gasteiger partial charge < -0.3 is 14.4 Å². The van der Waals surface area contributed by atoms with Gasteiger partial charge in [-0.15, -0.1) is 0 Å². The summed E-state index contributed by atoms with van der Waals surface area (Å²) in [5, 5.41) is 2.38. The Labute approximate surface area is 253 Å². The van der Waals surface area contributed by atoms with Crippen molar-refractivity contribution < 1.29 is 9.47 Å². The number of rotatable bonds is 3. The summed E-state index contributed by atoms with van der Waals surface area (Å²) in [7, 11) is 0. The van der Waals surface area contributed by atoms with E-state index in [9.17, 15) is 0 Å². The van der Waals surface area contributed by atoms with Crippen molar-refractivity contribution in [3.63, 3.8) is 0 Å². The molecule has 6 aromatic rings. The molecule has 2 aliphatic heterocycles. The summed E-state index contributed by atoms with van der Waals surface area (Å²) in [5.41, 5.74) is 7.23. The number of ether oxygens (including phenoxy) is 2. The number of hydrogen-bond acceptors (Lipinski definition) is 3. The van der Waals surface area contributed by atoms with Crippen LogP contribution in [0.1, 0.15) is 49.9 Å². The van der Waals surface area contributed by atoms with Gasteiger partial charge in [0, 0.05) is 38.8 Å². The fraction of sp³-hybridized carbons (Fsp3) is 0.150. The molecule has 0 bridgehead atoms. The van der Waals surface area contributed by atoms with Crippen molar-refractivity contribution in [2.24, 2.45) is 0 Å². The molecule has 0 spiro atoms. The van der Waals surface area contributed by atoms with E-state index in [-0.39, 0.29) is 10.8 Å². The molecule has 43 heavy (non-hydrogen) atoms. The van der Waals surface area contributed by atoms with Crippen LogP contribution in [0.15, 0.2) is 127 Å². The number of nitrogens with zero attached hydrogens (tertiary/aromatic N) is 1. The van der Waals surface area contributed by atoms with Crippen LogP contribution < -0.4 is 14.4 Å². The largest absolute Gasteiger partial charge is 0.455 e. The molecule has 6 aromatic carbocycles. The second kappa shape index (κ2) is 9.24. The van der Waals surface area contributed by atoms with Gasteiger partial charge in [-0.2, -0.15) is 0 Å². The van der Waals surface area contributed by atoms with Crippen molar-refractivity contribution in [2.75, 3.05) is 4.90 Å². The smallest absolute Gasteiger partial charge is 0.155 e. The highest BCUT2D eigenvalue weighted by molar-refractivity contribution is 5.92. The van der Waals surface area contributed by atoms with E-state index < -0.39 is 0 Å². The number of anilines is 3. The highest BCUT2D eigenvalue weighted by Crippen LogP contribution is 2.57. The van der Waals surface area contributed by atoms with Crippen LogP contribution in [-0.4, -0.2) is 0 Å². The molecule has 0 aliphatic carbocycles. The van der Waals surface area contributed by atoms with Crippen LogP contribution >= 0.6 is 0 Å². The summed E-state index contributed by atoms with van der Waals surface area (Å²) in [5.74, 6) is 3.53. The summed E-state index contributed by atoms with van der Waals surface area (Å²) >= 11 is 0. The molecule has 0 saturated heterocycles. The molecule has 0 atom stereocenters. The maximum atomic E-state index is 6.81. The fourth-order valence-corrected chi connectivity index (χ4v) is 6.98. The average molecular weight is 560 g/mol. The van der Waals surface area contributed by atoms with Crippen molar-refractivity contribution >= 4 is 27.8 Å². The van der Waals surface area contributed by atoms with Gasteiger partial charge in [0.1, 0.15) is 11.5 Å². The number of fused-ring (bicyclic) bond motifs is 5. The Morgan fingerprint density at radius 3 is 1.47 bits per heavy atom. The first-order valence-corrected chi connectivity index (χ1v) is 14.9. The van der Waals surface area contributed by atoms with Gasteiger partial charge in [-0.25, -0.2) is 0 Å². The minimum absolute atomic E-state index is 0.233. The van der Waals surface area contributed by atoms with Gasteiger partial charge >= 0.3 is 0 Å². The second-order valence-corrected chi connectivity index (χ2v) is 12.6. The normalized spacial score (nSPS) is 15.3. The summed E-state index contributed by atoms with van der Waals surface area (Å²) < 4.78 is 13.6. The Hall–Kier alpha value is -5.02. The first-order valence-electron chi connectivity index (χ1n) is 14.9. The van der Waals surface area contributed by atoms with Crippen LogP contribution in [0.4, 0.5) is 17.1 Å². The highest BCUT2D eigenvalue weighted by atomic mass is 16.5. The molecule has 0 amide bonds. The molecular formula is C40H33NO2. The maximum Gasteiger partial charge on any atom is 0.155 e. The summed E-state index contributed by atoms with van der Waals surface area (Å²) in [6.07, 6.45) is 0. The fourth-order valence-electron chi connectivity index (χ4n) is 6.98. The molecule has 0 aromatic heterocycles. The predicted octanol–water partition coefficient (Wildman–Crippen LogP) is 11.2. The van der Waals surface area contributed by atoms with Gasteiger partial charge in [0.25, 0.3) is 0 Å². The van der Waals surface area contributed by atoms with Crippen molar-refractivity contribution in [1.29, 1.82) is 0 Å². The molecule has 0 N–H and O–H groups in total. The quantitative estimate of drug-likeness (QED) is 0.215. The zero-order valence-electron chi connectivity index (χ0n) is 24.9. The monoisotopic (exact) mass is 559 g/mol. The van der Waals surface area contributed by atoms with Crippen LogP contribution in [0.25, 0.3) is 10.8 Å². The zero-order valence-corrected chi connectivity index (χ0v) is 24.9. The molecule has 0 unspecified atom stereocenters. The molecule has 0 saturated carbocycles. The third-order valence-corrected chi connectivity index (χ3v) is 9.35. The first-order chi connectivity index (χ1) is 20.8. The summed E-state index contributed by atoms with van der Waals surface area (Å²) in [4.78, 5) is 2.32. The maximum absolute atomic E-state index is 6.81. The van der Waals surface area contributed by atoms with E-state index in [0.29, 0.717) is 0 Å². The van der Waals surface area contributed by atoms with Crippen LogP contribution in [0, 0.1) is 0 Å². The lowest BCUT2D eigenvalue weighted by atomic mass is 9.75. The van der Waals surface area contributed by atoms with Gasteiger partial charge in [0.2, 0.25) is 0 Å². The Kier molecular flexibility index (Phi) is 5.52. The Morgan fingerprint density at radius 2 is 0.907 bits per heavy atom. The van der Waals surface area contributed by atoms with E-state index in [2.05, 4.69) is 148 Å².